The van der Waals surface area contributed by atoms with Gasteiger partial charge in [-0.15, -0.1) is 0 Å². The fourth-order valence-electron chi connectivity index (χ4n) is 1.94. The summed E-state index contributed by atoms with van der Waals surface area (Å²) in [6, 6.07) is 15.1. The number of hydrogen-bond donors (Lipinski definition) is 0. The lowest BCUT2D eigenvalue weighted by Gasteiger charge is -2.18. The minimum atomic E-state index is -0.0847. The van der Waals surface area contributed by atoms with E-state index in [2.05, 4.69) is 15.9 Å². The molecule has 2 aromatic rings. The molecule has 2 rings (SSSR count). The van der Waals surface area contributed by atoms with Gasteiger partial charge in [0.25, 0.3) is 5.91 Å². The van der Waals surface area contributed by atoms with Gasteiger partial charge in [-0.25, -0.2) is 0 Å². The number of carbonyl (C=O) groups excluding carboxylic acids is 1. The summed E-state index contributed by atoms with van der Waals surface area (Å²) in [5.41, 5.74) is 1.01. The minimum Gasteiger partial charge on any atom is -0.497 e. The van der Waals surface area contributed by atoms with E-state index in [4.69, 9.17) is 9.47 Å². The Labute approximate surface area is 138 Å². The highest BCUT2D eigenvalue weighted by Crippen LogP contribution is 2.23. The summed E-state index contributed by atoms with van der Waals surface area (Å²) >= 11 is 3.39. The van der Waals surface area contributed by atoms with Gasteiger partial charge in [0.2, 0.25) is 0 Å². The standard InChI is InChI=1S/C17H18BrNO3/c1-19(11-13-6-5-7-14(10-13)21-2)17(20)12-22-16-9-4-3-8-15(16)18/h3-10H,11-12H2,1-2H3. The number of para-hydroxylation sites is 1. The van der Waals surface area contributed by atoms with Gasteiger partial charge in [-0.3, -0.25) is 4.79 Å². The van der Waals surface area contributed by atoms with Crippen LogP contribution in [0.2, 0.25) is 0 Å². The molecule has 5 heteroatoms. The van der Waals surface area contributed by atoms with Crippen LogP contribution in [0.5, 0.6) is 11.5 Å². The van der Waals surface area contributed by atoms with Crippen molar-refractivity contribution in [2.45, 2.75) is 6.54 Å². The molecule has 0 heterocycles. The molecule has 0 atom stereocenters. The third-order valence-corrected chi connectivity index (χ3v) is 3.82. The van der Waals surface area contributed by atoms with Crippen molar-refractivity contribution in [3.63, 3.8) is 0 Å². The van der Waals surface area contributed by atoms with E-state index >= 15 is 0 Å². The molecule has 116 valence electrons. The van der Waals surface area contributed by atoms with Crippen LogP contribution >= 0.6 is 15.9 Å². The van der Waals surface area contributed by atoms with Crippen molar-refractivity contribution >= 4 is 21.8 Å². The van der Waals surface area contributed by atoms with Gasteiger partial charge in [-0.2, -0.15) is 0 Å². The maximum absolute atomic E-state index is 12.1. The summed E-state index contributed by atoms with van der Waals surface area (Å²) in [7, 11) is 3.38. The Morgan fingerprint density at radius 2 is 1.95 bits per heavy atom. The van der Waals surface area contributed by atoms with Gasteiger partial charge < -0.3 is 14.4 Å². The van der Waals surface area contributed by atoms with Crippen molar-refractivity contribution in [1.29, 1.82) is 0 Å². The number of halogens is 1. The summed E-state index contributed by atoms with van der Waals surface area (Å²) in [5, 5.41) is 0. The third-order valence-electron chi connectivity index (χ3n) is 3.17. The fraction of sp³-hybridized carbons (Fsp3) is 0.235. The van der Waals surface area contributed by atoms with Crippen molar-refractivity contribution in [2.24, 2.45) is 0 Å². The van der Waals surface area contributed by atoms with Crippen molar-refractivity contribution < 1.29 is 14.3 Å². The summed E-state index contributed by atoms with van der Waals surface area (Å²) < 4.78 is 11.6. The van der Waals surface area contributed by atoms with E-state index in [9.17, 15) is 4.79 Å². The largest absolute Gasteiger partial charge is 0.497 e. The number of carbonyl (C=O) groups is 1. The Morgan fingerprint density at radius 3 is 2.68 bits per heavy atom. The first-order chi connectivity index (χ1) is 10.6. The third kappa shape index (κ3) is 4.49. The van der Waals surface area contributed by atoms with Crippen LogP contribution in [0, 0.1) is 0 Å². The van der Waals surface area contributed by atoms with Crippen molar-refractivity contribution in [2.75, 3.05) is 20.8 Å². The lowest BCUT2D eigenvalue weighted by atomic mass is 10.2. The minimum absolute atomic E-state index is 0.00306. The molecule has 1 amide bonds. The van der Waals surface area contributed by atoms with E-state index < -0.39 is 0 Å². The van der Waals surface area contributed by atoms with Gasteiger partial charge in [0, 0.05) is 13.6 Å². The number of rotatable bonds is 6. The van der Waals surface area contributed by atoms with E-state index in [0.717, 1.165) is 15.8 Å². The summed E-state index contributed by atoms with van der Waals surface area (Å²) in [6.45, 7) is 0.512. The Bertz CT molecular complexity index is 645. The van der Waals surface area contributed by atoms with Crippen LogP contribution in [0.15, 0.2) is 53.0 Å². The number of nitrogens with zero attached hydrogens (tertiary/aromatic N) is 1. The predicted octanol–water partition coefficient (Wildman–Crippen LogP) is 3.50. The second-order valence-corrected chi connectivity index (χ2v) is 5.67. The number of methoxy groups -OCH3 is 1. The van der Waals surface area contributed by atoms with Crippen LogP contribution in [0.25, 0.3) is 0 Å². The highest BCUT2D eigenvalue weighted by Gasteiger charge is 2.11. The number of ether oxygens (including phenoxy) is 2. The molecule has 0 aliphatic carbocycles. The van der Waals surface area contributed by atoms with E-state index in [1.807, 2.05) is 48.5 Å². The molecule has 0 radical (unpaired) electrons. The number of benzene rings is 2. The highest BCUT2D eigenvalue weighted by atomic mass is 79.9. The quantitative estimate of drug-likeness (QED) is 0.788. The molecule has 0 aliphatic heterocycles. The average Bonchev–Trinajstić information content (AvgIpc) is 2.54. The molecule has 0 unspecified atom stereocenters. The molecule has 0 spiro atoms. The molecule has 0 N–H and O–H groups in total. The lowest BCUT2D eigenvalue weighted by Crippen LogP contribution is -2.31. The predicted molar refractivity (Wildman–Crippen MR) is 89.1 cm³/mol. The zero-order valence-corrected chi connectivity index (χ0v) is 14.2. The Balaban J connectivity index is 1.90. The smallest absolute Gasteiger partial charge is 0.260 e. The molecule has 0 saturated heterocycles. The summed E-state index contributed by atoms with van der Waals surface area (Å²) in [4.78, 5) is 13.8. The zero-order valence-electron chi connectivity index (χ0n) is 12.6. The first-order valence-corrected chi connectivity index (χ1v) is 7.63. The van der Waals surface area contributed by atoms with Crippen LogP contribution in [0.4, 0.5) is 0 Å². The second kappa shape index (κ2) is 7.84. The fourth-order valence-corrected chi connectivity index (χ4v) is 2.34. The van der Waals surface area contributed by atoms with Crippen molar-refractivity contribution in [1.82, 2.24) is 4.90 Å². The molecule has 0 fully saturated rings. The number of likely N-dealkylation sites (N-methyl/N-ethyl adjacent to an activating group) is 1. The Morgan fingerprint density at radius 1 is 1.18 bits per heavy atom. The van der Waals surface area contributed by atoms with Crippen LogP contribution < -0.4 is 9.47 Å². The number of amides is 1. The lowest BCUT2D eigenvalue weighted by molar-refractivity contribution is -0.132. The Kier molecular flexibility index (Phi) is 5.83. The van der Waals surface area contributed by atoms with Gasteiger partial charge >= 0.3 is 0 Å². The first kappa shape index (κ1) is 16.4. The van der Waals surface area contributed by atoms with Gasteiger partial charge in [-0.05, 0) is 45.8 Å². The first-order valence-electron chi connectivity index (χ1n) is 6.84. The molecule has 4 nitrogen and oxygen atoms in total. The molecule has 2 aromatic carbocycles. The van der Waals surface area contributed by atoms with Crippen LogP contribution in [0.3, 0.4) is 0 Å². The molecule has 0 aliphatic rings. The van der Waals surface area contributed by atoms with Gasteiger partial charge in [-0.1, -0.05) is 24.3 Å². The van der Waals surface area contributed by atoms with E-state index in [0.29, 0.717) is 12.3 Å². The molecule has 0 saturated carbocycles. The normalized spacial score (nSPS) is 10.1. The maximum Gasteiger partial charge on any atom is 0.260 e. The molecule has 0 bridgehead atoms. The SMILES string of the molecule is COc1cccc(CN(C)C(=O)COc2ccccc2Br)c1. The van der Waals surface area contributed by atoms with Crippen molar-refractivity contribution in [3.8, 4) is 11.5 Å². The van der Waals surface area contributed by atoms with Crippen LogP contribution in [-0.2, 0) is 11.3 Å². The van der Waals surface area contributed by atoms with Gasteiger partial charge in [0.05, 0.1) is 11.6 Å². The van der Waals surface area contributed by atoms with Crippen LogP contribution in [-0.4, -0.2) is 31.6 Å². The molecule has 22 heavy (non-hydrogen) atoms. The van der Waals surface area contributed by atoms with E-state index in [-0.39, 0.29) is 12.5 Å². The molecule has 0 aromatic heterocycles. The Hall–Kier alpha value is -2.01. The summed E-state index contributed by atoms with van der Waals surface area (Å²) in [6.07, 6.45) is 0. The maximum atomic E-state index is 12.1. The van der Waals surface area contributed by atoms with Crippen molar-refractivity contribution in [3.05, 3.63) is 58.6 Å². The molecular weight excluding hydrogens is 346 g/mol. The summed E-state index contributed by atoms with van der Waals surface area (Å²) in [5.74, 6) is 1.35. The van der Waals surface area contributed by atoms with Crippen LogP contribution in [0.1, 0.15) is 5.56 Å². The van der Waals surface area contributed by atoms with Gasteiger partial charge in [0.1, 0.15) is 11.5 Å². The monoisotopic (exact) mass is 363 g/mol. The molecular formula is C17H18BrNO3. The number of hydrogen-bond acceptors (Lipinski definition) is 3. The van der Waals surface area contributed by atoms with Gasteiger partial charge in [0.15, 0.2) is 6.61 Å². The average molecular weight is 364 g/mol. The zero-order chi connectivity index (χ0) is 15.9. The topological polar surface area (TPSA) is 38.8 Å². The second-order valence-electron chi connectivity index (χ2n) is 4.82. The van der Waals surface area contributed by atoms with E-state index in [1.165, 1.54) is 0 Å². The van der Waals surface area contributed by atoms with E-state index in [1.54, 1.807) is 19.1 Å². The highest BCUT2D eigenvalue weighted by molar-refractivity contribution is 9.10.